The quantitative estimate of drug-likeness (QED) is 0.751. The number of hydrogen-bond acceptors (Lipinski definition) is 5. The topological polar surface area (TPSA) is 71.3 Å². The van der Waals surface area contributed by atoms with Gasteiger partial charge >= 0.3 is 0 Å². The van der Waals surface area contributed by atoms with Crippen LogP contribution in [0.4, 0.5) is 0 Å². The number of nitrogens with one attached hydrogen (secondary N) is 1. The Bertz CT molecular complexity index is 946. The average Bonchev–Trinajstić information content (AvgIpc) is 3.37. The van der Waals surface area contributed by atoms with E-state index in [2.05, 4.69) is 20.2 Å². The Morgan fingerprint density at radius 3 is 2.59 bits per heavy atom. The maximum Gasteiger partial charge on any atom is 0.251 e. The number of furan rings is 1. The summed E-state index contributed by atoms with van der Waals surface area (Å²) < 4.78 is 5.62. The molecule has 140 valence electrons. The second-order valence-corrected chi connectivity index (χ2v) is 7.08. The van der Waals surface area contributed by atoms with Crippen molar-refractivity contribution < 1.29 is 9.21 Å². The molecule has 4 rings (SSSR count). The zero-order chi connectivity index (χ0) is 18.8. The van der Waals surface area contributed by atoms with Crippen molar-refractivity contribution in [2.24, 2.45) is 0 Å². The Morgan fingerprint density at radius 2 is 1.89 bits per heavy atom. The third-order valence-corrected chi connectivity index (χ3v) is 5.25. The van der Waals surface area contributed by atoms with E-state index in [1.165, 1.54) is 12.8 Å². The van der Waals surface area contributed by atoms with Gasteiger partial charge in [0.15, 0.2) is 0 Å². The van der Waals surface area contributed by atoms with Crippen molar-refractivity contribution in [3.05, 3.63) is 59.3 Å². The molecule has 3 aromatic rings. The zero-order valence-corrected chi connectivity index (χ0v) is 15.7. The Morgan fingerprint density at radius 1 is 1.15 bits per heavy atom. The molecule has 0 radical (unpaired) electrons. The minimum atomic E-state index is -0.104. The lowest BCUT2D eigenvalue weighted by molar-refractivity contribution is 0.0934. The summed E-state index contributed by atoms with van der Waals surface area (Å²) in [4.78, 5) is 24.2. The second-order valence-electron chi connectivity index (χ2n) is 7.08. The number of hydrogen-bond donors (Lipinski definition) is 1. The molecule has 0 aliphatic carbocycles. The Hall–Kier alpha value is -2.73. The standard InChI is InChI=1S/C21H24N4O2/c1-14-15(2)24-18-12-16(7-8-17(18)23-14)21(26)22-13-19(20-6-5-11-27-20)25-9-3-4-10-25/h5-8,11-12,19H,3-4,9-10,13H2,1-2H3,(H,22,26)/t19-/m0/s1. The molecule has 3 heterocycles. The molecular formula is C21H24N4O2. The fourth-order valence-corrected chi connectivity index (χ4v) is 3.61. The largest absolute Gasteiger partial charge is 0.468 e. The van der Waals surface area contributed by atoms with Crippen LogP contribution in [-0.4, -0.2) is 40.4 Å². The van der Waals surface area contributed by atoms with E-state index >= 15 is 0 Å². The predicted molar refractivity (Wildman–Crippen MR) is 104 cm³/mol. The molecule has 6 heteroatoms. The molecule has 1 fully saturated rings. The fraction of sp³-hybridized carbons (Fsp3) is 0.381. The first kappa shape index (κ1) is 17.7. The van der Waals surface area contributed by atoms with Gasteiger partial charge in [-0.1, -0.05) is 0 Å². The van der Waals surface area contributed by atoms with Crippen molar-refractivity contribution in [3.63, 3.8) is 0 Å². The van der Waals surface area contributed by atoms with E-state index in [-0.39, 0.29) is 11.9 Å². The molecule has 0 spiro atoms. The summed E-state index contributed by atoms with van der Waals surface area (Å²) in [5, 5.41) is 3.07. The maximum atomic E-state index is 12.7. The Labute approximate surface area is 158 Å². The molecule has 6 nitrogen and oxygen atoms in total. The molecule has 1 atom stereocenters. The van der Waals surface area contributed by atoms with Crippen LogP contribution >= 0.6 is 0 Å². The average molecular weight is 364 g/mol. The molecular weight excluding hydrogens is 340 g/mol. The lowest BCUT2D eigenvalue weighted by Gasteiger charge is -2.26. The van der Waals surface area contributed by atoms with Gasteiger partial charge in [0.25, 0.3) is 5.91 Å². The lowest BCUT2D eigenvalue weighted by Crippen LogP contribution is -2.36. The van der Waals surface area contributed by atoms with Gasteiger partial charge in [-0.25, -0.2) is 9.97 Å². The highest BCUT2D eigenvalue weighted by Crippen LogP contribution is 2.25. The van der Waals surface area contributed by atoms with E-state index in [0.29, 0.717) is 12.1 Å². The summed E-state index contributed by atoms with van der Waals surface area (Å²) >= 11 is 0. The molecule has 1 N–H and O–H groups in total. The highest BCUT2D eigenvalue weighted by Gasteiger charge is 2.26. The first-order valence-electron chi connectivity index (χ1n) is 9.42. The predicted octanol–water partition coefficient (Wildman–Crippen LogP) is 3.41. The van der Waals surface area contributed by atoms with Crippen LogP contribution in [0.15, 0.2) is 41.0 Å². The number of carbonyl (C=O) groups excluding carboxylic acids is 1. The molecule has 1 aromatic carbocycles. The number of aryl methyl sites for hydroxylation is 2. The van der Waals surface area contributed by atoms with Crippen LogP contribution in [0.3, 0.4) is 0 Å². The SMILES string of the molecule is Cc1nc2ccc(C(=O)NC[C@@H](c3ccco3)N3CCCC3)cc2nc1C. The summed E-state index contributed by atoms with van der Waals surface area (Å²) in [7, 11) is 0. The number of rotatable bonds is 5. The van der Waals surface area contributed by atoms with Crippen LogP contribution in [0.1, 0.15) is 46.4 Å². The molecule has 1 saturated heterocycles. The number of likely N-dealkylation sites (tertiary alicyclic amines) is 1. The van der Waals surface area contributed by atoms with Gasteiger partial charge in [-0.3, -0.25) is 9.69 Å². The van der Waals surface area contributed by atoms with Crippen LogP contribution < -0.4 is 5.32 Å². The summed E-state index contributed by atoms with van der Waals surface area (Å²) in [6.45, 7) is 6.45. The number of nitrogens with zero attached hydrogens (tertiary/aromatic N) is 3. The van der Waals surface area contributed by atoms with Gasteiger partial charge in [-0.2, -0.15) is 0 Å². The minimum absolute atomic E-state index is 0.0663. The van der Waals surface area contributed by atoms with Crippen LogP contribution in [0, 0.1) is 13.8 Å². The monoisotopic (exact) mass is 364 g/mol. The van der Waals surface area contributed by atoms with Crippen LogP contribution in [0.25, 0.3) is 11.0 Å². The Balaban J connectivity index is 1.50. The number of carbonyl (C=O) groups is 1. The molecule has 1 aliphatic rings. The maximum absolute atomic E-state index is 12.7. The van der Waals surface area contributed by atoms with Crippen molar-refractivity contribution >= 4 is 16.9 Å². The molecule has 1 amide bonds. The van der Waals surface area contributed by atoms with Gasteiger partial charge in [-0.05, 0) is 70.1 Å². The van der Waals surface area contributed by atoms with E-state index in [0.717, 1.165) is 41.3 Å². The smallest absolute Gasteiger partial charge is 0.251 e. The van der Waals surface area contributed by atoms with Crippen LogP contribution in [0.2, 0.25) is 0 Å². The van der Waals surface area contributed by atoms with Crippen molar-refractivity contribution in [3.8, 4) is 0 Å². The molecule has 0 saturated carbocycles. The van der Waals surface area contributed by atoms with E-state index in [4.69, 9.17) is 4.42 Å². The third-order valence-electron chi connectivity index (χ3n) is 5.25. The molecule has 0 unspecified atom stereocenters. The van der Waals surface area contributed by atoms with Gasteiger partial charge in [0.2, 0.25) is 0 Å². The molecule has 2 aromatic heterocycles. The first-order chi connectivity index (χ1) is 13.1. The summed E-state index contributed by atoms with van der Waals surface area (Å²) in [5.74, 6) is 0.792. The van der Waals surface area contributed by atoms with E-state index in [1.807, 2.05) is 38.1 Å². The van der Waals surface area contributed by atoms with Crippen molar-refractivity contribution in [1.82, 2.24) is 20.2 Å². The summed E-state index contributed by atoms with van der Waals surface area (Å²) in [5.41, 5.74) is 3.94. The molecule has 27 heavy (non-hydrogen) atoms. The second kappa shape index (κ2) is 7.48. The van der Waals surface area contributed by atoms with E-state index in [9.17, 15) is 4.79 Å². The number of aromatic nitrogens is 2. The van der Waals surface area contributed by atoms with Crippen molar-refractivity contribution in [2.75, 3.05) is 19.6 Å². The number of fused-ring (bicyclic) bond motifs is 1. The third kappa shape index (κ3) is 3.71. The summed E-state index contributed by atoms with van der Waals surface area (Å²) in [6.07, 6.45) is 4.06. The number of amides is 1. The molecule has 0 bridgehead atoms. The minimum Gasteiger partial charge on any atom is -0.468 e. The van der Waals surface area contributed by atoms with Gasteiger partial charge in [0.05, 0.1) is 34.7 Å². The lowest BCUT2D eigenvalue weighted by atomic mass is 10.1. The fourth-order valence-electron chi connectivity index (χ4n) is 3.61. The Kier molecular flexibility index (Phi) is 4.90. The van der Waals surface area contributed by atoms with Crippen molar-refractivity contribution in [1.29, 1.82) is 0 Å². The molecule has 1 aliphatic heterocycles. The van der Waals surface area contributed by atoms with E-state index < -0.39 is 0 Å². The van der Waals surface area contributed by atoms with Gasteiger partial charge in [0, 0.05) is 12.1 Å². The van der Waals surface area contributed by atoms with Crippen LogP contribution in [-0.2, 0) is 0 Å². The van der Waals surface area contributed by atoms with Gasteiger partial charge in [0.1, 0.15) is 5.76 Å². The zero-order valence-electron chi connectivity index (χ0n) is 15.7. The highest BCUT2D eigenvalue weighted by atomic mass is 16.3. The highest BCUT2D eigenvalue weighted by molar-refractivity contribution is 5.97. The summed E-state index contributed by atoms with van der Waals surface area (Å²) in [6, 6.07) is 9.41. The normalized spacial score (nSPS) is 15.9. The number of benzene rings is 1. The first-order valence-corrected chi connectivity index (χ1v) is 9.42. The van der Waals surface area contributed by atoms with E-state index in [1.54, 1.807) is 12.3 Å². The van der Waals surface area contributed by atoms with Gasteiger partial charge in [-0.15, -0.1) is 0 Å². The van der Waals surface area contributed by atoms with Crippen molar-refractivity contribution in [2.45, 2.75) is 32.7 Å². The van der Waals surface area contributed by atoms with Crippen LogP contribution in [0.5, 0.6) is 0 Å². The van der Waals surface area contributed by atoms with Gasteiger partial charge < -0.3 is 9.73 Å².